The molecule has 2 rings (SSSR count). The van der Waals surface area contributed by atoms with Crippen LogP contribution in [0.3, 0.4) is 0 Å². The van der Waals surface area contributed by atoms with Crippen LogP contribution >= 0.6 is 11.6 Å². The molecular formula is C13H22ClN5O. The molecule has 0 atom stereocenters. The van der Waals surface area contributed by atoms with Crippen molar-refractivity contribution in [1.82, 2.24) is 9.97 Å². The molecule has 0 unspecified atom stereocenters. The summed E-state index contributed by atoms with van der Waals surface area (Å²) in [4.78, 5) is 8.04. The minimum Gasteiger partial charge on any atom is -0.388 e. The molecule has 20 heavy (non-hydrogen) atoms. The van der Waals surface area contributed by atoms with Crippen molar-refractivity contribution >= 4 is 23.4 Å². The van der Waals surface area contributed by atoms with Gasteiger partial charge in [-0.3, -0.25) is 5.43 Å². The van der Waals surface area contributed by atoms with Crippen molar-refractivity contribution in [2.75, 3.05) is 17.3 Å². The van der Waals surface area contributed by atoms with E-state index in [-0.39, 0.29) is 5.95 Å². The summed E-state index contributed by atoms with van der Waals surface area (Å²) >= 11 is 6.02. The van der Waals surface area contributed by atoms with Crippen molar-refractivity contribution in [3.63, 3.8) is 0 Å². The zero-order valence-corrected chi connectivity index (χ0v) is 12.7. The van der Waals surface area contributed by atoms with Crippen LogP contribution in [0.15, 0.2) is 6.20 Å². The molecule has 1 saturated carbocycles. The summed E-state index contributed by atoms with van der Waals surface area (Å²) in [6, 6.07) is 0. The van der Waals surface area contributed by atoms with Crippen LogP contribution in [0.1, 0.15) is 39.5 Å². The second kappa shape index (κ2) is 5.71. The minimum absolute atomic E-state index is 0.286. The average molecular weight is 300 g/mol. The van der Waals surface area contributed by atoms with Crippen LogP contribution in [-0.4, -0.2) is 27.2 Å². The van der Waals surface area contributed by atoms with Gasteiger partial charge in [0.05, 0.1) is 11.8 Å². The molecule has 1 aliphatic carbocycles. The maximum Gasteiger partial charge on any atom is 0.239 e. The van der Waals surface area contributed by atoms with Crippen molar-refractivity contribution in [3.05, 3.63) is 11.2 Å². The fourth-order valence-corrected chi connectivity index (χ4v) is 2.54. The Kier molecular flexibility index (Phi) is 4.36. The second-order valence-electron chi connectivity index (χ2n) is 6.28. The monoisotopic (exact) mass is 299 g/mol. The first-order valence-corrected chi connectivity index (χ1v) is 7.17. The fourth-order valence-electron chi connectivity index (χ4n) is 2.38. The molecule has 5 N–H and O–H groups in total. The van der Waals surface area contributed by atoms with Gasteiger partial charge < -0.3 is 10.4 Å². The van der Waals surface area contributed by atoms with Crippen LogP contribution in [0.25, 0.3) is 0 Å². The molecule has 6 nitrogen and oxygen atoms in total. The van der Waals surface area contributed by atoms with Crippen LogP contribution in [0.5, 0.6) is 0 Å². The van der Waals surface area contributed by atoms with Gasteiger partial charge in [0.15, 0.2) is 5.82 Å². The molecule has 0 amide bonds. The number of aliphatic hydroxyl groups is 1. The molecule has 1 aromatic heterocycles. The van der Waals surface area contributed by atoms with Gasteiger partial charge in [0.1, 0.15) is 5.02 Å². The third-order valence-electron chi connectivity index (χ3n) is 3.99. The zero-order valence-electron chi connectivity index (χ0n) is 11.9. The van der Waals surface area contributed by atoms with Crippen LogP contribution in [0, 0.1) is 5.41 Å². The van der Waals surface area contributed by atoms with Gasteiger partial charge in [-0.05, 0) is 31.1 Å². The molecule has 7 heteroatoms. The van der Waals surface area contributed by atoms with Crippen LogP contribution < -0.4 is 16.6 Å². The van der Waals surface area contributed by atoms with Crippen molar-refractivity contribution < 1.29 is 5.11 Å². The molecule has 0 radical (unpaired) electrons. The quantitative estimate of drug-likeness (QED) is 0.502. The smallest absolute Gasteiger partial charge is 0.239 e. The average Bonchev–Trinajstić information content (AvgIpc) is 2.42. The predicted octanol–water partition coefficient (Wildman–Crippen LogP) is 2.16. The number of hydrogen-bond donors (Lipinski definition) is 4. The number of nitrogen functional groups attached to an aromatic ring is 1. The van der Waals surface area contributed by atoms with Gasteiger partial charge in [0.25, 0.3) is 0 Å². The van der Waals surface area contributed by atoms with Crippen molar-refractivity contribution in [2.45, 2.75) is 45.1 Å². The van der Waals surface area contributed by atoms with Gasteiger partial charge in [-0.15, -0.1) is 0 Å². The summed E-state index contributed by atoms with van der Waals surface area (Å²) in [7, 11) is 0. The first-order chi connectivity index (χ1) is 9.34. The van der Waals surface area contributed by atoms with E-state index in [1.54, 1.807) is 0 Å². The lowest BCUT2D eigenvalue weighted by molar-refractivity contribution is -0.0145. The van der Waals surface area contributed by atoms with Gasteiger partial charge >= 0.3 is 0 Å². The first-order valence-electron chi connectivity index (χ1n) is 6.79. The van der Waals surface area contributed by atoms with Crippen LogP contribution in [0.4, 0.5) is 11.8 Å². The molecule has 0 bridgehead atoms. The number of hydrogen-bond acceptors (Lipinski definition) is 6. The van der Waals surface area contributed by atoms with Crippen LogP contribution in [0.2, 0.25) is 5.02 Å². The molecule has 0 saturated heterocycles. The van der Waals surface area contributed by atoms with Gasteiger partial charge in [0.2, 0.25) is 5.95 Å². The maximum absolute atomic E-state index is 10.6. The Morgan fingerprint density at radius 1 is 1.35 bits per heavy atom. The number of anilines is 2. The van der Waals surface area contributed by atoms with Crippen molar-refractivity contribution in [2.24, 2.45) is 11.3 Å². The maximum atomic E-state index is 10.6. The first kappa shape index (κ1) is 15.3. The van der Waals surface area contributed by atoms with Crippen LogP contribution in [-0.2, 0) is 0 Å². The van der Waals surface area contributed by atoms with E-state index < -0.39 is 5.60 Å². The highest BCUT2D eigenvalue weighted by atomic mass is 35.5. The molecular weight excluding hydrogens is 278 g/mol. The number of nitrogens with one attached hydrogen (secondary N) is 2. The lowest BCUT2D eigenvalue weighted by Gasteiger charge is -2.40. The highest BCUT2D eigenvalue weighted by Gasteiger charge is 2.36. The number of halogens is 1. The fraction of sp³-hybridized carbons (Fsp3) is 0.692. The SMILES string of the molecule is CC1(C)CCC(O)(CNc2nc(NN)ncc2Cl)CC1. The molecule has 1 aromatic rings. The lowest BCUT2D eigenvalue weighted by Crippen LogP contribution is -2.42. The van der Waals surface area contributed by atoms with E-state index in [1.165, 1.54) is 6.20 Å². The molecule has 0 aromatic carbocycles. The van der Waals surface area contributed by atoms with E-state index in [9.17, 15) is 5.11 Å². The van der Waals surface area contributed by atoms with Gasteiger partial charge in [0, 0.05) is 6.54 Å². The third-order valence-corrected chi connectivity index (χ3v) is 4.27. The zero-order chi connectivity index (χ0) is 14.8. The number of hydrazine groups is 1. The summed E-state index contributed by atoms with van der Waals surface area (Å²) in [6.07, 6.45) is 5.05. The Bertz CT molecular complexity index is 470. The molecule has 1 heterocycles. The molecule has 1 fully saturated rings. The van der Waals surface area contributed by atoms with Gasteiger partial charge in [-0.25, -0.2) is 10.8 Å². The molecule has 112 valence electrons. The lowest BCUT2D eigenvalue weighted by atomic mass is 9.71. The van der Waals surface area contributed by atoms with E-state index in [2.05, 4.69) is 34.6 Å². The second-order valence-corrected chi connectivity index (χ2v) is 6.68. The van der Waals surface area contributed by atoms with Crippen molar-refractivity contribution in [1.29, 1.82) is 0 Å². The molecule has 0 spiro atoms. The minimum atomic E-state index is -0.708. The summed E-state index contributed by atoms with van der Waals surface area (Å²) in [5.74, 6) is 6.03. The number of aromatic nitrogens is 2. The Hall–Kier alpha value is -1.11. The standard InChI is InChI=1S/C13H22ClN5O/c1-12(2)3-5-13(20,6-4-12)8-17-10-9(14)7-16-11(18-10)19-15/h7,20H,3-6,8,15H2,1-2H3,(H2,16,17,18,19). The Morgan fingerprint density at radius 2 is 2.00 bits per heavy atom. The summed E-state index contributed by atoms with van der Waals surface area (Å²) < 4.78 is 0. The molecule has 0 aliphatic heterocycles. The van der Waals surface area contributed by atoms with E-state index >= 15 is 0 Å². The van der Waals surface area contributed by atoms with E-state index in [4.69, 9.17) is 17.4 Å². The Labute approximate surface area is 124 Å². The number of nitrogens with zero attached hydrogens (tertiary/aromatic N) is 2. The normalized spacial score (nSPS) is 20.4. The van der Waals surface area contributed by atoms with Gasteiger partial charge in [-0.2, -0.15) is 4.98 Å². The van der Waals surface area contributed by atoms with Gasteiger partial charge in [-0.1, -0.05) is 25.4 Å². The van der Waals surface area contributed by atoms with E-state index in [1.807, 2.05) is 0 Å². The summed E-state index contributed by atoms with van der Waals surface area (Å²) in [5, 5.41) is 14.1. The summed E-state index contributed by atoms with van der Waals surface area (Å²) in [5.41, 5.74) is 1.98. The van der Waals surface area contributed by atoms with E-state index in [0.717, 1.165) is 25.7 Å². The topological polar surface area (TPSA) is 96.1 Å². The number of nitrogens with two attached hydrogens (primary N) is 1. The third kappa shape index (κ3) is 3.71. The number of rotatable bonds is 4. The van der Waals surface area contributed by atoms with Crippen molar-refractivity contribution in [3.8, 4) is 0 Å². The predicted molar refractivity (Wildman–Crippen MR) is 80.5 cm³/mol. The summed E-state index contributed by atoms with van der Waals surface area (Å²) in [6.45, 7) is 4.89. The highest BCUT2D eigenvalue weighted by Crippen LogP contribution is 2.40. The highest BCUT2D eigenvalue weighted by molar-refractivity contribution is 6.32. The van der Waals surface area contributed by atoms with E-state index in [0.29, 0.717) is 22.8 Å². The Balaban J connectivity index is 1.98. The molecule has 1 aliphatic rings. The Morgan fingerprint density at radius 3 is 2.60 bits per heavy atom. The largest absolute Gasteiger partial charge is 0.388 e.